The first-order valence-electron chi connectivity index (χ1n) is 8.05. The molecule has 0 aromatic heterocycles. The summed E-state index contributed by atoms with van der Waals surface area (Å²) in [7, 11) is 3.57. The lowest BCUT2D eigenvalue weighted by atomic mass is 10.2. The number of hydrogen-bond donors (Lipinski definition) is 1. The van der Waals surface area contributed by atoms with Crippen molar-refractivity contribution in [2.24, 2.45) is 4.99 Å². The molecule has 0 radical (unpaired) electrons. The Labute approximate surface area is 144 Å². The number of nitrogens with one attached hydrogen (secondary N) is 1. The van der Waals surface area contributed by atoms with E-state index < -0.39 is 0 Å². The first kappa shape index (κ1) is 17.8. The zero-order valence-electron chi connectivity index (χ0n) is 14.6. The lowest BCUT2D eigenvalue weighted by Gasteiger charge is -2.38. The Morgan fingerprint density at radius 3 is 2.70 bits per heavy atom. The maximum Gasteiger partial charge on any atom is 0.193 e. The first-order chi connectivity index (χ1) is 11.2. The standard InChI is InChI=1S/C17H28N4OS/c1-14(23-4)13-19-17(18-2)21-10-8-20(9-11-21)15-6-5-7-16(12-15)22-3/h5-7,12,14H,8-11,13H2,1-4H3,(H,18,19). The SMILES string of the molecule is CN=C(NCC(C)SC)N1CCN(c2cccc(OC)c2)CC1. The largest absolute Gasteiger partial charge is 0.497 e. The molecule has 1 N–H and O–H groups in total. The number of methoxy groups -OCH3 is 1. The van der Waals surface area contributed by atoms with Crippen molar-refractivity contribution in [1.29, 1.82) is 0 Å². The zero-order chi connectivity index (χ0) is 16.7. The predicted octanol–water partition coefficient (Wildman–Crippen LogP) is 2.14. The molecule has 1 aliphatic heterocycles. The minimum absolute atomic E-state index is 0.588. The Kier molecular flexibility index (Phi) is 6.89. The van der Waals surface area contributed by atoms with E-state index in [1.807, 2.05) is 30.9 Å². The number of rotatable bonds is 5. The third kappa shape index (κ3) is 4.96. The predicted molar refractivity (Wildman–Crippen MR) is 101 cm³/mol. The highest BCUT2D eigenvalue weighted by Gasteiger charge is 2.20. The molecule has 1 atom stereocenters. The summed E-state index contributed by atoms with van der Waals surface area (Å²) in [5, 5.41) is 4.07. The van der Waals surface area contributed by atoms with Gasteiger partial charge in [-0.05, 0) is 18.4 Å². The van der Waals surface area contributed by atoms with Crippen molar-refractivity contribution < 1.29 is 4.74 Å². The third-order valence-electron chi connectivity index (χ3n) is 4.16. The molecule has 1 fully saturated rings. The maximum atomic E-state index is 5.32. The smallest absolute Gasteiger partial charge is 0.193 e. The average molecular weight is 337 g/mol. The average Bonchev–Trinajstić information content (AvgIpc) is 2.62. The van der Waals surface area contributed by atoms with E-state index in [0.29, 0.717) is 5.25 Å². The summed E-state index contributed by atoms with van der Waals surface area (Å²) in [6.45, 7) is 7.11. The monoisotopic (exact) mass is 336 g/mol. The van der Waals surface area contributed by atoms with Gasteiger partial charge in [-0.1, -0.05) is 13.0 Å². The highest BCUT2D eigenvalue weighted by molar-refractivity contribution is 7.99. The van der Waals surface area contributed by atoms with Crippen molar-refractivity contribution in [2.75, 3.05) is 58.0 Å². The molecule has 1 unspecified atom stereocenters. The minimum Gasteiger partial charge on any atom is -0.497 e. The number of anilines is 1. The lowest BCUT2D eigenvalue weighted by molar-refractivity contribution is 0.372. The van der Waals surface area contributed by atoms with Gasteiger partial charge in [0.2, 0.25) is 0 Å². The van der Waals surface area contributed by atoms with Crippen LogP contribution in [0.2, 0.25) is 0 Å². The summed E-state index contributed by atoms with van der Waals surface area (Å²) >= 11 is 1.87. The number of aliphatic imine (C=N–C) groups is 1. The number of nitrogens with zero attached hydrogens (tertiary/aromatic N) is 3. The Bertz CT molecular complexity index is 515. The lowest BCUT2D eigenvalue weighted by Crippen LogP contribution is -2.53. The van der Waals surface area contributed by atoms with E-state index in [1.54, 1.807) is 7.11 Å². The molecule has 0 bridgehead atoms. The van der Waals surface area contributed by atoms with Crippen LogP contribution in [-0.2, 0) is 0 Å². The van der Waals surface area contributed by atoms with Gasteiger partial charge in [-0.15, -0.1) is 0 Å². The molecule has 0 aliphatic carbocycles. The fraction of sp³-hybridized carbons (Fsp3) is 0.588. The second-order valence-electron chi connectivity index (χ2n) is 5.65. The van der Waals surface area contributed by atoms with Gasteiger partial charge in [0.1, 0.15) is 5.75 Å². The molecular formula is C17H28N4OS. The molecular weight excluding hydrogens is 308 g/mol. The third-order valence-corrected chi connectivity index (χ3v) is 5.13. The molecule has 0 amide bonds. The Morgan fingerprint density at radius 2 is 2.09 bits per heavy atom. The Morgan fingerprint density at radius 1 is 1.35 bits per heavy atom. The van der Waals surface area contributed by atoms with Gasteiger partial charge >= 0.3 is 0 Å². The van der Waals surface area contributed by atoms with Gasteiger partial charge in [-0.3, -0.25) is 4.99 Å². The van der Waals surface area contributed by atoms with E-state index in [2.05, 4.69) is 45.4 Å². The quantitative estimate of drug-likeness (QED) is 0.659. The van der Waals surface area contributed by atoms with E-state index in [9.17, 15) is 0 Å². The van der Waals surface area contributed by atoms with E-state index >= 15 is 0 Å². The molecule has 0 saturated carbocycles. The van der Waals surface area contributed by atoms with Crippen molar-refractivity contribution in [3.05, 3.63) is 24.3 Å². The molecule has 1 aromatic rings. The van der Waals surface area contributed by atoms with Gasteiger partial charge in [0.25, 0.3) is 0 Å². The summed E-state index contributed by atoms with van der Waals surface area (Å²) in [5.41, 5.74) is 1.22. The molecule has 23 heavy (non-hydrogen) atoms. The van der Waals surface area contributed by atoms with Gasteiger partial charge < -0.3 is 19.9 Å². The van der Waals surface area contributed by atoms with Gasteiger partial charge in [-0.2, -0.15) is 11.8 Å². The highest BCUT2D eigenvalue weighted by atomic mass is 32.2. The van der Waals surface area contributed by atoms with E-state index in [1.165, 1.54) is 5.69 Å². The van der Waals surface area contributed by atoms with Crippen LogP contribution in [0.15, 0.2) is 29.3 Å². The molecule has 1 aliphatic rings. The van der Waals surface area contributed by atoms with E-state index in [0.717, 1.165) is 44.4 Å². The summed E-state index contributed by atoms with van der Waals surface area (Å²) in [4.78, 5) is 9.16. The minimum atomic E-state index is 0.588. The van der Waals surface area contributed by atoms with Crippen LogP contribution in [0, 0.1) is 0 Å². The summed E-state index contributed by atoms with van der Waals surface area (Å²) in [6, 6.07) is 8.28. The van der Waals surface area contributed by atoms with Crippen molar-refractivity contribution in [1.82, 2.24) is 10.2 Å². The van der Waals surface area contributed by atoms with Crippen molar-refractivity contribution in [2.45, 2.75) is 12.2 Å². The van der Waals surface area contributed by atoms with Crippen LogP contribution < -0.4 is 15.0 Å². The van der Waals surface area contributed by atoms with Gasteiger partial charge in [0.15, 0.2) is 5.96 Å². The number of benzene rings is 1. The molecule has 1 aromatic carbocycles. The Hall–Kier alpha value is -1.56. The van der Waals surface area contributed by atoms with Crippen LogP contribution in [-0.4, -0.2) is 69.2 Å². The van der Waals surface area contributed by atoms with Gasteiger partial charge in [-0.25, -0.2) is 0 Å². The molecule has 5 nitrogen and oxygen atoms in total. The molecule has 6 heteroatoms. The molecule has 2 rings (SSSR count). The molecule has 1 heterocycles. The fourth-order valence-corrected chi connectivity index (χ4v) is 2.88. The number of guanidine groups is 1. The first-order valence-corrected chi connectivity index (χ1v) is 9.34. The van der Waals surface area contributed by atoms with Crippen LogP contribution in [0.1, 0.15) is 6.92 Å². The summed E-state index contributed by atoms with van der Waals surface area (Å²) in [6.07, 6.45) is 2.14. The summed E-state index contributed by atoms with van der Waals surface area (Å²) in [5.74, 6) is 1.92. The maximum absolute atomic E-state index is 5.32. The molecule has 128 valence electrons. The normalized spacial score (nSPS) is 17.1. The number of piperazine rings is 1. The number of thioether (sulfide) groups is 1. The van der Waals surface area contributed by atoms with Crippen LogP contribution in [0.3, 0.4) is 0 Å². The highest BCUT2D eigenvalue weighted by Crippen LogP contribution is 2.22. The second-order valence-corrected chi connectivity index (χ2v) is 6.93. The van der Waals surface area contributed by atoms with Crippen LogP contribution in [0.4, 0.5) is 5.69 Å². The van der Waals surface area contributed by atoms with E-state index in [-0.39, 0.29) is 0 Å². The van der Waals surface area contributed by atoms with Crippen LogP contribution >= 0.6 is 11.8 Å². The zero-order valence-corrected chi connectivity index (χ0v) is 15.4. The summed E-state index contributed by atoms with van der Waals surface area (Å²) < 4.78 is 5.32. The topological polar surface area (TPSA) is 40.1 Å². The van der Waals surface area contributed by atoms with Gasteiger partial charge in [0.05, 0.1) is 7.11 Å². The van der Waals surface area contributed by atoms with Crippen molar-refractivity contribution in [3.63, 3.8) is 0 Å². The van der Waals surface area contributed by atoms with Gasteiger partial charge in [0, 0.05) is 56.8 Å². The molecule has 0 spiro atoms. The Balaban J connectivity index is 1.89. The van der Waals surface area contributed by atoms with Crippen molar-refractivity contribution in [3.8, 4) is 5.75 Å². The fourth-order valence-electron chi connectivity index (χ4n) is 2.63. The number of ether oxygens (including phenoxy) is 1. The number of hydrogen-bond acceptors (Lipinski definition) is 4. The molecule has 1 saturated heterocycles. The van der Waals surface area contributed by atoms with Crippen LogP contribution in [0.5, 0.6) is 5.75 Å². The van der Waals surface area contributed by atoms with Crippen molar-refractivity contribution >= 4 is 23.4 Å². The van der Waals surface area contributed by atoms with Crippen LogP contribution in [0.25, 0.3) is 0 Å². The van der Waals surface area contributed by atoms with E-state index in [4.69, 9.17) is 4.74 Å². The second kappa shape index (κ2) is 8.91.